The van der Waals surface area contributed by atoms with Crippen LogP contribution < -0.4 is 15.3 Å². The average Bonchev–Trinajstić information content (AvgIpc) is 2.99. The van der Waals surface area contributed by atoms with E-state index in [1.807, 2.05) is 12.1 Å². The minimum atomic E-state index is -0.539. The fraction of sp³-hybridized carbons (Fsp3) is 0.238. The summed E-state index contributed by atoms with van der Waals surface area (Å²) in [5.41, 5.74) is 4.06. The van der Waals surface area contributed by atoms with Crippen molar-refractivity contribution in [2.24, 2.45) is 0 Å². The van der Waals surface area contributed by atoms with Crippen molar-refractivity contribution >= 4 is 29.3 Å². The van der Waals surface area contributed by atoms with E-state index < -0.39 is 17.6 Å². The summed E-state index contributed by atoms with van der Waals surface area (Å²) in [6.07, 6.45) is 4.74. The molecule has 0 unspecified atom stereocenters. The van der Waals surface area contributed by atoms with Gasteiger partial charge in [-0.15, -0.1) is 0 Å². The minimum Gasteiger partial charge on any atom is -0.371 e. The number of amides is 2. The molecule has 0 spiro atoms. The maximum Gasteiger partial charge on any atom is 0.282 e. The van der Waals surface area contributed by atoms with Crippen LogP contribution in [-0.4, -0.2) is 24.9 Å². The lowest BCUT2D eigenvalue weighted by Gasteiger charge is -2.28. The number of para-hydroxylation sites is 1. The van der Waals surface area contributed by atoms with Crippen LogP contribution in [0.5, 0.6) is 0 Å². The van der Waals surface area contributed by atoms with Gasteiger partial charge in [-0.1, -0.05) is 18.2 Å². The molecule has 2 heterocycles. The minimum absolute atomic E-state index is 0.0801. The maximum absolute atomic E-state index is 14.6. The summed E-state index contributed by atoms with van der Waals surface area (Å²) in [4.78, 5) is 27.0. The van der Waals surface area contributed by atoms with Crippen molar-refractivity contribution in [3.63, 3.8) is 0 Å². The number of rotatable bonds is 3. The maximum atomic E-state index is 14.6. The summed E-state index contributed by atoms with van der Waals surface area (Å²) >= 11 is 0. The van der Waals surface area contributed by atoms with Crippen LogP contribution in [0.4, 0.5) is 15.8 Å². The Labute approximate surface area is 157 Å². The molecule has 5 nitrogen and oxygen atoms in total. The second-order valence-corrected chi connectivity index (χ2v) is 6.73. The van der Waals surface area contributed by atoms with Crippen molar-refractivity contribution in [2.75, 3.05) is 23.0 Å². The Morgan fingerprint density at radius 3 is 2.37 bits per heavy atom. The number of anilines is 2. The van der Waals surface area contributed by atoms with E-state index in [2.05, 4.69) is 10.3 Å². The van der Waals surface area contributed by atoms with Crippen LogP contribution in [0.2, 0.25) is 0 Å². The molecule has 2 aliphatic rings. The molecule has 2 amide bonds. The van der Waals surface area contributed by atoms with Crippen LogP contribution in [0.1, 0.15) is 24.8 Å². The van der Waals surface area contributed by atoms with E-state index >= 15 is 0 Å². The van der Waals surface area contributed by atoms with Gasteiger partial charge in [-0.25, -0.2) is 9.40 Å². The van der Waals surface area contributed by atoms with Gasteiger partial charge in [0, 0.05) is 24.3 Å². The molecule has 0 aromatic heterocycles. The quantitative estimate of drug-likeness (QED) is 0.671. The van der Waals surface area contributed by atoms with Crippen LogP contribution >= 0.6 is 0 Å². The molecule has 2 aliphatic heterocycles. The second-order valence-electron chi connectivity index (χ2n) is 6.73. The molecule has 2 saturated heterocycles. The van der Waals surface area contributed by atoms with Crippen molar-refractivity contribution in [3.8, 4) is 0 Å². The number of benzene rings is 2. The molecule has 0 aliphatic carbocycles. The lowest BCUT2D eigenvalue weighted by atomic mass is 10.1. The summed E-state index contributed by atoms with van der Waals surface area (Å²) < 4.78 is 14.6. The van der Waals surface area contributed by atoms with Gasteiger partial charge in [0.15, 0.2) is 0 Å². The SMILES string of the molecule is O=C1NN(c2ccccc2)C(=O)/C1=C\c1ccc(N2CCCCC2)cc1F. The predicted octanol–water partition coefficient (Wildman–Crippen LogP) is 3.28. The summed E-state index contributed by atoms with van der Waals surface area (Å²) in [5.74, 6) is -1.47. The highest BCUT2D eigenvalue weighted by Crippen LogP contribution is 2.25. The van der Waals surface area contributed by atoms with Crippen LogP contribution in [0.3, 0.4) is 0 Å². The molecular weight excluding hydrogens is 345 g/mol. The average molecular weight is 365 g/mol. The lowest BCUT2D eigenvalue weighted by Crippen LogP contribution is -2.35. The number of carbonyl (C=O) groups excluding carboxylic acids is 2. The van der Waals surface area contributed by atoms with Gasteiger partial charge in [0.2, 0.25) is 0 Å². The zero-order chi connectivity index (χ0) is 18.8. The van der Waals surface area contributed by atoms with E-state index in [-0.39, 0.29) is 11.1 Å². The summed E-state index contributed by atoms with van der Waals surface area (Å²) in [6, 6.07) is 13.7. The van der Waals surface area contributed by atoms with Crippen molar-refractivity contribution in [2.45, 2.75) is 19.3 Å². The first-order valence-electron chi connectivity index (χ1n) is 9.10. The molecule has 2 aromatic carbocycles. The first-order chi connectivity index (χ1) is 13.1. The van der Waals surface area contributed by atoms with Crippen molar-refractivity contribution in [1.82, 2.24) is 5.43 Å². The Bertz CT molecular complexity index is 905. The fourth-order valence-corrected chi connectivity index (χ4v) is 3.45. The van der Waals surface area contributed by atoms with Crippen molar-refractivity contribution < 1.29 is 14.0 Å². The molecule has 0 saturated carbocycles. The molecule has 6 heteroatoms. The number of nitrogens with zero attached hydrogens (tertiary/aromatic N) is 2. The first kappa shape index (κ1) is 17.3. The molecule has 27 heavy (non-hydrogen) atoms. The van der Waals surface area contributed by atoms with Gasteiger partial charge in [-0.05, 0) is 55.7 Å². The second kappa shape index (κ2) is 7.23. The molecule has 0 atom stereocenters. The fourth-order valence-electron chi connectivity index (χ4n) is 3.45. The summed E-state index contributed by atoms with van der Waals surface area (Å²) in [7, 11) is 0. The van der Waals surface area contributed by atoms with E-state index in [9.17, 15) is 14.0 Å². The van der Waals surface area contributed by atoms with E-state index in [1.54, 1.807) is 30.3 Å². The smallest absolute Gasteiger partial charge is 0.282 e. The number of hydrogen-bond acceptors (Lipinski definition) is 3. The van der Waals surface area contributed by atoms with Crippen LogP contribution in [0.15, 0.2) is 54.1 Å². The van der Waals surface area contributed by atoms with Crippen molar-refractivity contribution in [1.29, 1.82) is 0 Å². The highest BCUT2D eigenvalue weighted by Gasteiger charge is 2.34. The zero-order valence-corrected chi connectivity index (χ0v) is 14.8. The number of carbonyl (C=O) groups is 2. The molecule has 2 aromatic rings. The van der Waals surface area contributed by atoms with Crippen LogP contribution in [0, 0.1) is 5.82 Å². The van der Waals surface area contributed by atoms with Gasteiger partial charge in [0.1, 0.15) is 11.4 Å². The lowest BCUT2D eigenvalue weighted by molar-refractivity contribution is -0.117. The van der Waals surface area contributed by atoms with Gasteiger partial charge in [0.05, 0.1) is 5.69 Å². The Balaban J connectivity index is 1.59. The monoisotopic (exact) mass is 365 g/mol. The Morgan fingerprint density at radius 2 is 1.67 bits per heavy atom. The third-order valence-corrected chi connectivity index (χ3v) is 4.91. The van der Waals surface area contributed by atoms with Gasteiger partial charge >= 0.3 is 0 Å². The Kier molecular flexibility index (Phi) is 4.62. The molecular formula is C21H20FN3O2. The third kappa shape index (κ3) is 3.43. The number of hydrogen-bond donors (Lipinski definition) is 1. The van der Waals surface area contributed by atoms with E-state index in [0.717, 1.165) is 31.6 Å². The number of hydrazine groups is 1. The van der Waals surface area contributed by atoms with E-state index in [1.165, 1.54) is 23.6 Å². The van der Waals surface area contributed by atoms with Gasteiger partial charge in [-0.3, -0.25) is 15.0 Å². The molecule has 4 rings (SSSR count). The van der Waals surface area contributed by atoms with Crippen LogP contribution in [-0.2, 0) is 9.59 Å². The Hall–Kier alpha value is -3.15. The van der Waals surface area contributed by atoms with Gasteiger partial charge in [-0.2, -0.15) is 0 Å². The topological polar surface area (TPSA) is 52.7 Å². The summed E-state index contributed by atoms with van der Waals surface area (Å²) in [5, 5.41) is 1.17. The predicted molar refractivity (Wildman–Crippen MR) is 103 cm³/mol. The van der Waals surface area contributed by atoms with Gasteiger partial charge < -0.3 is 4.90 Å². The van der Waals surface area contributed by atoms with E-state index in [4.69, 9.17) is 0 Å². The van der Waals surface area contributed by atoms with Crippen molar-refractivity contribution in [3.05, 3.63) is 65.5 Å². The first-order valence-corrected chi connectivity index (χ1v) is 9.10. The van der Waals surface area contributed by atoms with Crippen LogP contribution in [0.25, 0.3) is 6.08 Å². The van der Waals surface area contributed by atoms with E-state index in [0.29, 0.717) is 5.69 Å². The molecule has 0 radical (unpaired) electrons. The largest absolute Gasteiger partial charge is 0.371 e. The van der Waals surface area contributed by atoms with Gasteiger partial charge in [0.25, 0.3) is 11.8 Å². The summed E-state index contributed by atoms with van der Waals surface area (Å²) in [6.45, 7) is 1.85. The number of nitrogens with one attached hydrogen (secondary N) is 1. The standard InChI is InChI=1S/C21H20FN3O2/c22-19-14-17(24-11-5-2-6-12-24)10-9-15(19)13-18-20(26)23-25(21(18)27)16-7-3-1-4-8-16/h1,3-4,7-10,13-14H,2,5-6,11-12H2,(H,23,26)/b18-13-. The molecule has 1 N–H and O–H groups in total. The molecule has 2 fully saturated rings. The number of halogens is 1. The molecule has 138 valence electrons. The highest BCUT2D eigenvalue weighted by atomic mass is 19.1. The number of piperidine rings is 1. The third-order valence-electron chi connectivity index (χ3n) is 4.91. The zero-order valence-electron chi connectivity index (χ0n) is 14.8. The Morgan fingerprint density at radius 1 is 0.926 bits per heavy atom. The molecule has 0 bridgehead atoms. The normalized spacial score (nSPS) is 18.9. The highest BCUT2D eigenvalue weighted by molar-refractivity contribution is 6.31.